The monoisotopic (exact) mass is 1310 g/mol. The first-order valence-corrected chi connectivity index (χ1v) is 35.0. The van der Waals surface area contributed by atoms with E-state index in [-0.39, 0.29) is 45.3 Å². The molecule has 0 bridgehead atoms. The van der Waals surface area contributed by atoms with Crippen molar-refractivity contribution in [3.05, 3.63) is 71.8 Å². The minimum absolute atomic E-state index is 0.0257. The van der Waals surface area contributed by atoms with E-state index in [0.29, 0.717) is 36.8 Å². The van der Waals surface area contributed by atoms with Crippen LogP contribution in [0.15, 0.2) is 60.7 Å². The summed E-state index contributed by atoms with van der Waals surface area (Å²) < 4.78 is 11.8. The Morgan fingerprint density at radius 3 is 1.55 bits per heavy atom. The summed E-state index contributed by atoms with van der Waals surface area (Å²) >= 11 is 0. The molecule has 4 rings (SSSR count). The van der Waals surface area contributed by atoms with Gasteiger partial charge in [0.15, 0.2) is 12.1 Å². The number of benzene rings is 2. The lowest BCUT2D eigenvalue weighted by atomic mass is 9.94. The Morgan fingerprint density at radius 1 is 0.574 bits per heavy atom. The summed E-state index contributed by atoms with van der Waals surface area (Å²) in [5.74, 6) is -9.90. The van der Waals surface area contributed by atoms with E-state index in [1.165, 1.54) is 107 Å². The molecule has 526 valence electrons. The maximum atomic E-state index is 15.4. The first-order valence-electron chi connectivity index (χ1n) is 35.0. The molecule has 11 atom stereocenters. The summed E-state index contributed by atoms with van der Waals surface area (Å²) in [7, 11) is 5.55. The smallest absolute Gasteiger partial charge is 0.332 e. The number of amides is 8. The number of nitrogens with one attached hydrogen (secondary N) is 3. The fraction of sp³-hybridized carbons (Fsp3) is 0.699. The van der Waals surface area contributed by atoms with Gasteiger partial charge in [0, 0.05) is 59.9 Å². The Morgan fingerprint density at radius 2 is 1.05 bits per heavy atom. The van der Waals surface area contributed by atoms with E-state index in [9.17, 15) is 19.5 Å². The highest BCUT2D eigenvalue weighted by atomic mass is 16.6. The number of esters is 2. The van der Waals surface area contributed by atoms with E-state index in [1.807, 2.05) is 43.3 Å². The van der Waals surface area contributed by atoms with E-state index < -0.39 is 143 Å². The third-order valence-electron chi connectivity index (χ3n) is 19.0. The minimum Gasteiger partial charge on any atom is -0.466 e. The Labute approximate surface area is 561 Å². The Balaban J connectivity index is 1.85. The zero-order valence-corrected chi connectivity index (χ0v) is 59.4. The zero-order valence-electron chi connectivity index (χ0n) is 59.4. The molecule has 2 aromatic carbocycles. The lowest BCUT2D eigenvalue weighted by Crippen LogP contribution is -2.63. The number of carbonyl (C=O) groups excluding carboxylic acids is 10. The topological polar surface area (TPSA) is 262 Å². The van der Waals surface area contributed by atoms with Gasteiger partial charge >= 0.3 is 11.9 Å². The summed E-state index contributed by atoms with van der Waals surface area (Å²) in [6.45, 7) is 19.0. The van der Waals surface area contributed by atoms with Crippen molar-refractivity contribution in [3.8, 4) is 0 Å². The Kier molecular flexibility index (Phi) is 33.2. The molecule has 2 aliphatic heterocycles. The average Bonchev–Trinajstić information content (AvgIpc) is 1.27. The van der Waals surface area contributed by atoms with Gasteiger partial charge in [0.25, 0.3) is 5.91 Å². The molecule has 8 amide bonds. The maximum absolute atomic E-state index is 15.4. The van der Waals surface area contributed by atoms with Gasteiger partial charge in [-0.3, -0.25) is 43.2 Å². The molecule has 94 heavy (non-hydrogen) atoms. The number of hydrogen-bond donors (Lipinski definition) is 4. The predicted octanol–water partition coefficient (Wildman–Crippen LogP) is 8.35. The largest absolute Gasteiger partial charge is 0.466 e. The molecule has 2 aliphatic rings. The second kappa shape index (κ2) is 39.2. The van der Waals surface area contributed by atoms with Crippen LogP contribution in [-0.4, -0.2) is 190 Å². The standard InChI is InChI=1S/C73H116N8O13/c1-16-19-20-21-22-23-24-25-26-27-28-35-45-93-58(82)43-42-54-67(86)80(15)63(73(10,11)92)72(91)94-62(51(9)18-3)71(90)79(14)61(49(6)7)66(85)75-55(46-52-37-31-29-32-38-52)68(87)77(12)57(47-53-39-33-30-34-40-53)69(88)81-44-36-41-56(81)64(83)76-59(50(8)17-2)70(89)78(13)60(48(4)5)65(84)74-54/h29-34,37-40,48-51,54-57,59-63,92H,16-28,35-36,41-47H2,1-15H3,(H,74,84)(H,75,85)(H,76,83)/t50-,51-,54+,55+,56+,57+,59-,60+,61+,62+,63-/m1/s1. The van der Waals surface area contributed by atoms with Crippen LogP contribution in [-0.2, 0) is 70.3 Å². The van der Waals surface area contributed by atoms with Gasteiger partial charge in [0.1, 0.15) is 42.3 Å². The van der Waals surface area contributed by atoms with Crippen LogP contribution in [0.25, 0.3) is 0 Å². The molecule has 0 unspecified atom stereocenters. The molecule has 2 aromatic rings. The number of cyclic esters (lactones) is 1. The summed E-state index contributed by atoms with van der Waals surface area (Å²) in [6, 6.07) is 7.31. The van der Waals surface area contributed by atoms with Crippen molar-refractivity contribution < 1.29 is 62.5 Å². The summed E-state index contributed by atoms with van der Waals surface area (Å²) in [4.78, 5) is 156. The second-order valence-corrected chi connectivity index (χ2v) is 27.7. The average molecular weight is 1310 g/mol. The number of carbonyl (C=O) groups is 10. The van der Waals surface area contributed by atoms with Gasteiger partial charge < -0.3 is 55.0 Å². The van der Waals surface area contributed by atoms with E-state index in [0.717, 1.165) is 30.6 Å². The highest BCUT2D eigenvalue weighted by Gasteiger charge is 2.48. The van der Waals surface area contributed by atoms with E-state index in [4.69, 9.17) is 9.47 Å². The van der Waals surface area contributed by atoms with Gasteiger partial charge in [-0.05, 0) is 74.8 Å². The van der Waals surface area contributed by atoms with Crippen LogP contribution in [0, 0.1) is 23.7 Å². The third-order valence-corrected chi connectivity index (χ3v) is 19.0. The lowest BCUT2D eigenvalue weighted by molar-refractivity contribution is -0.177. The van der Waals surface area contributed by atoms with Gasteiger partial charge in [-0.15, -0.1) is 0 Å². The number of aliphatic hydroxyl groups is 1. The van der Waals surface area contributed by atoms with E-state index >= 15 is 33.6 Å². The van der Waals surface area contributed by atoms with Crippen molar-refractivity contribution in [2.45, 2.75) is 265 Å². The molecule has 21 heteroatoms. The number of rotatable bonds is 27. The van der Waals surface area contributed by atoms with Crippen molar-refractivity contribution in [1.82, 2.24) is 40.4 Å². The molecular formula is C73H116N8O13. The first kappa shape index (κ1) is 79.5. The van der Waals surface area contributed by atoms with Crippen LogP contribution in [0.3, 0.4) is 0 Å². The molecule has 0 radical (unpaired) electrons. The van der Waals surface area contributed by atoms with Gasteiger partial charge in [0.05, 0.1) is 12.2 Å². The summed E-state index contributed by atoms with van der Waals surface area (Å²) in [5, 5.41) is 20.6. The molecule has 0 aromatic heterocycles. The first-order chi connectivity index (χ1) is 44.5. The zero-order chi connectivity index (χ0) is 70.0. The summed E-state index contributed by atoms with van der Waals surface area (Å²) in [5.41, 5.74) is -0.684. The molecule has 2 saturated heterocycles. The Hall–Kier alpha value is -6.90. The van der Waals surface area contributed by atoms with Crippen molar-refractivity contribution >= 4 is 59.2 Å². The van der Waals surface area contributed by atoms with Crippen molar-refractivity contribution in [2.75, 3.05) is 41.3 Å². The minimum atomic E-state index is -2.07. The van der Waals surface area contributed by atoms with Crippen LogP contribution >= 0.6 is 0 Å². The normalized spacial score (nSPS) is 24.0. The quantitative estimate of drug-likeness (QED) is 0.0485. The second-order valence-electron chi connectivity index (χ2n) is 27.7. The van der Waals surface area contributed by atoms with Crippen molar-refractivity contribution in [1.29, 1.82) is 0 Å². The van der Waals surface area contributed by atoms with Gasteiger partial charge in [-0.2, -0.15) is 0 Å². The number of nitrogens with zero attached hydrogens (tertiary/aromatic N) is 5. The van der Waals surface area contributed by atoms with Crippen molar-refractivity contribution in [3.63, 3.8) is 0 Å². The van der Waals surface area contributed by atoms with Crippen LogP contribution in [0.4, 0.5) is 0 Å². The highest BCUT2D eigenvalue weighted by molar-refractivity contribution is 5.99. The molecule has 0 saturated carbocycles. The van der Waals surface area contributed by atoms with Crippen LogP contribution < -0.4 is 16.0 Å². The van der Waals surface area contributed by atoms with Gasteiger partial charge in [0.2, 0.25) is 41.4 Å². The van der Waals surface area contributed by atoms with Crippen LogP contribution in [0.5, 0.6) is 0 Å². The SMILES string of the molecule is CCCCCCCCCCCCCCOC(=O)CC[C@@H]1NC(=O)[C@H](C(C)C)N(C)C(=O)[C@@H]([C@H](C)CC)NC(=O)[C@@H]2CCCN2C(=O)[C@H](Cc2ccccc2)N(C)C(=O)[C@H](Cc2ccccc2)NC(=O)[C@H](C(C)C)N(C)C(=O)[C@H]([C@H](C)CC)OC(=O)[C@H](C(C)(C)O)N(C)C1=O. The molecule has 2 heterocycles. The fourth-order valence-electron chi connectivity index (χ4n) is 13.0. The van der Waals surface area contributed by atoms with Gasteiger partial charge in [-0.1, -0.05) is 200 Å². The van der Waals surface area contributed by atoms with Crippen LogP contribution in [0.2, 0.25) is 0 Å². The third kappa shape index (κ3) is 23.2. The predicted molar refractivity (Wildman–Crippen MR) is 363 cm³/mol. The highest BCUT2D eigenvalue weighted by Crippen LogP contribution is 2.28. The molecular weight excluding hydrogens is 1200 g/mol. The maximum Gasteiger partial charge on any atom is 0.332 e. The molecule has 4 N–H and O–H groups in total. The van der Waals surface area contributed by atoms with E-state index in [2.05, 4.69) is 22.9 Å². The molecule has 0 spiro atoms. The summed E-state index contributed by atoms with van der Waals surface area (Å²) in [6.07, 6.45) is 12.6. The number of unbranched alkanes of at least 4 members (excludes halogenated alkanes) is 11. The van der Waals surface area contributed by atoms with E-state index in [1.54, 1.807) is 72.7 Å². The Bertz CT molecular complexity index is 2760. The van der Waals surface area contributed by atoms with Gasteiger partial charge in [-0.25, -0.2) is 4.79 Å². The van der Waals surface area contributed by atoms with Crippen LogP contribution in [0.1, 0.15) is 203 Å². The fourth-order valence-corrected chi connectivity index (χ4v) is 13.0. The molecule has 0 aliphatic carbocycles. The number of hydrogen-bond acceptors (Lipinski definition) is 13. The lowest BCUT2D eigenvalue weighted by Gasteiger charge is -2.39. The number of likely N-dealkylation sites (N-methyl/N-ethyl adjacent to an activating group) is 4. The van der Waals surface area contributed by atoms with Crippen molar-refractivity contribution in [2.24, 2.45) is 23.7 Å². The molecule has 21 nitrogen and oxygen atoms in total. The number of ether oxygens (including phenoxy) is 2. The number of fused-ring (bicyclic) bond motifs is 1. The molecule has 2 fully saturated rings.